The molecule has 2 aromatic carbocycles. The Morgan fingerprint density at radius 1 is 1.14 bits per heavy atom. The highest BCUT2D eigenvalue weighted by Crippen LogP contribution is 2.28. The number of aryl methyl sites for hydroxylation is 1. The number of imidazole rings is 1. The zero-order valence-corrected chi connectivity index (χ0v) is 15.7. The normalized spacial score (nSPS) is 11.4. The smallest absolute Gasteiger partial charge is 0.320 e. The second-order valence-electron chi connectivity index (χ2n) is 6.02. The molecule has 28 heavy (non-hydrogen) atoms. The average Bonchev–Trinajstić information content (AvgIpc) is 3.28. The molecule has 0 unspecified atom stereocenters. The SMILES string of the molecule is Cc1cccc(OCc2nnc(SCc3nc4ccccc4n3C(F)F)o2)c1. The highest BCUT2D eigenvalue weighted by atomic mass is 32.2. The van der Waals surface area contributed by atoms with Gasteiger partial charge in [-0.3, -0.25) is 4.57 Å². The number of hydrogen-bond acceptors (Lipinski definition) is 6. The lowest BCUT2D eigenvalue weighted by atomic mass is 10.2. The molecule has 0 fully saturated rings. The molecule has 2 heterocycles. The van der Waals surface area contributed by atoms with Crippen LogP contribution in [-0.2, 0) is 12.4 Å². The third kappa shape index (κ3) is 3.99. The van der Waals surface area contributed by atoms with E-state index in [0.29, 0.717) is 22.7 Å². The van der Waals surface area contributed by atoms with Gasteiger partial charge in [-0.25, -0.2) is 4.98 Å². The number of alkyl halides is 2. The molecule has 0 spiro atoms. The quantitative estimate of drug-likeness (QED) is 0.406. The van der Waals surface area contributed by atoms with E-state index < -0.39 is 6.55 Å². The van der Waals surface area contributed by atoms with Crippen LogP contribution in [0.3, 0.4) is 0 Å². The molecular weight excluding hydrogens is 386 g/mol. The summed E-state index contributed by atoms with van der Waals surface area (Å²) in [5, 5.41) is 8.13. The van der Waals surface area contributed by atoms with E-state index in [1.54, 1.807) is 24.3 Å². The molecule has 0 saturated heterocycles. The fourth-order valence-corrected chi connectivity index (χ4v) is 3.46. The summed E-state index contributed by atoms with van der Waals surface area (Å²) in [6.45, 7) is -0.572. The maximum atomic E-state index is 13.5. The predicted octanol–water partition coefficient (Wildman–Crippen LogP) is 4.99. The fraction of sp³-hybridized carbons (Fsp3) is 0.211. The molecular formula is C19H16F2N4O2S. The van der Waals surface area contributed by atoms with Crippen LogP contribution in [0.15, 0.2) is 58.2 Å². The van der Waals surface area contributed by atoms with E-state index in [4.69, 9.17) is 9.15 Å². The van der Waals surface area contributed by atoms with Crippen LogP contribution in [0.25, 0.3) is 11.0 Å². The van der Waals surface area contributed by atoms with Gasteiger partial charge in [0.1, 0.15) is 11.6 Å². The zero-order chi connectivity index (χ0) is 19.5. The lowest BCUT2D eigenvalue weighted by Gasteiger charge is -2.06. The Bertz CT molecular complexity index is 1100. The van der Waals surface area contributed by atoms with Gasteiger partial charge in [-0.2, -0.15) is 8.78 Å². The van der Waals surface area contributed by atoms with Crippen molar-refractivity contribution in [1.29, 1.82) is 0 Å². The van der Waals surface area contributed by atoms with Crippen LogP contribution in [0.5, 0.6) is 5.75 Å². The first-order valence-corrected chi connectivity index (χ1v) is 9.47. The van der Waals surface area contributed by atoms with Crippen molar-refractivity contribution in [3.8, 4) is 5.75 Å². The largest absolute Gasteiger partial charge is 0.484 e. The molecule has 0 atom stereocenters. The predicted molar refractivity (Wildman–Crippen MR) is 100 cm³/mol. The van der Waals surface area contributed by atoms with E-state index in [-0.39, 0.29) is 23.4 Å². The van der Waals surface area contributed by atoms with E-state index in [1.165, 1.54) is 0 Å². The summed E-state index contributed by atoms with van der Waals surface area (Å²) in [6.07, 6.45) is 0. The minimum atomic E-state index is -2.68. The summed E-state index contributed by atoms with van der Waals surface area (Å²) in [5.74, 6) is 1.45. The standard InChI is InChI=1S/C19H16F2N4O2S/c1-12-5-4-6-13(9-12)26-10-17-23-24-19(27-17)28-11-16-22-14-7-2-3-8-15(14)25(16)18(20)21/h2-9,18H,10-11H2,1H3. The molecule has 0 bridgehead atoms. The summed E-state index contributed by atoms with van der Waals surface area (Å²) in [4.78, 5) is 4.29. The molecule has 4 rings (SSSR count). The van der Waals surface area contributed by atoms with Crippen molar-refractivity contribution in [3.05, 3.63) is 65.8 Å². The number of halogens is 2. The molecule has 9 heteroatoms. The topological polar surface area (TPSA) is 66.0 Å². The van der Waals surface area contributed by atoms with E-state index in [2.05, 4.69) is 15.2 Å². The van der Waals surface area contributed by atoms with Gasteiger partial charge in [0.25, 0.3) is 11.1 Å². The number of benzene rings is 2. The maximum absolute atomic E-state index is 13.5. The number of thioether (sulfide) groups is 1. The van der Waals surface area contributed by atoms with Gasteiger partial charge in [-0.05, 0) is 36.8 Å². The van der Waals surface area contributed by atoms with Crippen LogP contribution < -0.4 is 4.74 Å². The molecule has 2 aromatic heterocycles. The van der Waals surface area contributed by atoms with Crippen molar-refractivity contribution in [3.63, 3.8) is 0 Å². The zero-order valence-electron chi connectivity index (χ0n) is 14.9. The number of hydrogen-bond donors (Lipinski definition) is 0. The van der Waals surface area contributed by atoms with Crippen molar-refractivity contribution < 1.29 is 17.9 Å². The third-order valence-corrected chi connectivity index (χ3v) is 4.80. The van der Waals surface area contributed by atoms with Crippen LogP contribution in [-0.4, -0.2) is 19.7 Å². The van der Waals surface area contributed by atoms with Crippen LogP contribution in [0.4, 0.5) is 8.78 Å². The van der Waals surface area contributed by atoms with Gasteiger partial charge in [0.15, 0.2) is 6.61 Å². The highest BCUT2D eigenvalue weighted by molar-refractivity contribution is 7.98. The Kier molecular flexibility index (Phi) is 5.25. The summed E-state index contributed by atoms with van der Waals surface area (Å²) in [6, 6.07) is 14.4. The van der Waals surface area contributed by atoms with Crippen molar-refractivity contribution in [1.82, 2.24) is 19.7 Å². The van der Waals surface area contributed by atoms with E-state index in [0.717, 1.165) is 21.9 Å². The van der Waals surface area contributed by atoms with Gasteiger partial charge >= 0.3 is 6.55 Å². The van der Waals surface area contributed by atoms with Crippen LogP contribution in [0.2, 0.25) is 0 Å². The van der Waals surface area contributed by atoms with Crippen LogP contribution in [0.1, 0.15) is 23.8 Å². The van der Waals surface area contributed by atoms with Crippen LogP contribution in [0, 0.1) is 6.92 Å². The first-order chi connectivity index (χ1) is 13.6. The molecule has 6 nitrogen and oxygen atoms in total. The Labute approximate surface area is 163 Å². The molecule has 0 radical (unpaired) electrons. The second-order valence-corrected chi connectivity index (χ2v) is 6.95. The van der Waals surface area contributed by atoms with E-state index in [9.17, 15) is 8.78 Å². The monoisotopic (exact) mass is 402 g/mol. The summed E-state index contributed by atoms with van der Waals surface area (Å²) < 4.78 is 39.0. The number of para-hydroxylation sites is 2. The van der Waals surface area contributed by atoms with Gasteiger partial charge in [0.05, 0.1) is 16.8 Å². The Hall–Kier alpha value is -2.94. The molecule has 0 N–H and O–H groups in total. The molecule has 4 aromatic rings. The Balaban J connectivity index is 1.42. The number of ether oxygens (including phenoxy) is 1. The highest BCUT2D eigenvalue weighted by Gasteiger charge is 2.18. The minimum Gasteiger partial charge on any atom is -0.484 e. The molecule has 144 valence electrons. The molecule has 0 aliphatic rings. The lowest BCUT2D eigenvalue weighted by molar-refractivity contribution is 0.0722. The summed E-state index contributed by atoms with van der Waals surface area (Å²) >= 11 is 1.15. The maximum Gasteiger partial charge on any atom is 0.320 e. The molecule has 0 saturated carbocycles. The van der Waals surface area contributed by atoms with Gasteiger partial charge in [0.2, 0.25) is 0 Å². The van der Waals surface area contributed by atoms with Gasteiger partial charge in [0, 0.05) is 0 Å². The second kappa shape index (κ2) is 7.97. The number of aromatic nitrogens is 4. The molecule has 0 aliphatic heterocycles. The minimum absolute atomic E-state index is 0.132. The number of nitrogens with zero attached hydrogens (tertiary/aromatic N) is 4. The fourth-order valence-electron chi connectivity index (χ4n) is 2.75. The van der Waals surface area contributed by atoms with Gasteiger partial charge < -0.3 is 9.15 Å². The lowest BCUT2D eigenvalue weighted by Crippen LogP contribution is -2.03. The first kappa shape index (κ1) is 18.4. The van der Waals surface area contributed by atoms with Crippen molar-refractivity contribution in [2.45, 2.75) is 31.1 Å². The van der Waals surface area contributed by atoms with E-state index in [1.807, 2.05) is 31.2 Å². The number of fused-ring (bicyclic) bond motifs is 1. The van der Waals surface area contributed by atoms with Crippen molar-refractivity contribution >= 4 is 22.8 Å². The van der Waals surface area contributed by atoms with Gasteiger partial charge in [-0.15, -0.1) is 10.2 Å². The Morgan fingerprint density at radius 3 is 2.82 bits per heavy atom. The van der Waals surface area contributed by atoms with E-state index >= 15 is 0 Å². The van der Waals surface area contributed by atoms with Gasteiger partial charge in [-0.1, -0.05) is 36.0 Å². The first-order valence-electron chi connectivity index (χ1n) is 8.49. The number of rotatable bonds is 7. The van der Waals surface area contributed by atoms with Crippen LogP contribution >= 0.6 is 11.8 Å². The Morgan fingerprint density at radius 2 is 2.00 bits per heavy atom. The average molecular weight is 402 g/mol. The summed E-state index contributed by atoms with van der Waals surface area (Å²) in [7, 11) is 0. The van der Waals surface area contributed by atoms with Crippen molar-refractivity contribution in [2.75, 3.05) is 0 Å². The molecule has 0 aliphatic carbocycles. The third-order valence-electron chi connectivity index (χ3n) is 3.99. The summed E-state index contributed by atoms with van der Waals surface area (Å²) in [5.41, 5.74) is 2.00. The van der Waals surface area contributed by atoms with Crippen molar-refractivity contribution in [2.24, 2.45) is 0 Å². The molecule has 0 amide bonds.